The molecule has 0 nitrogen and oxygen atoms in total. The average Bonchev–Trinajstić information content (AvgIpc) is 3.14. The van der Waals surface area contributed by atoms with Crippen LogP contribution in [0.3, 0.4) is 0 Å². The van der Waals surface area contributed by atoms with Gasteiger partial charge in [0.2, 0.25) is 0 Å². The van der Waals surface area contributed by atoms with E-state index in [4.69, 9.17) is 0 Å². The number of rotatable bonds is 4. The van der Waals surface area contributed by atoms with Gasteiger partial charge in [-0.3, -0.25) is 0 Å². The zero-order chi connectivity index (χ0) is 30.5. The molecule has 1 aliphatic rings. The molecule has 216 valence electrons. The highest BCUT2D eigenvalue weighted by atomic mass is 14.3. The van der Waals surface area contributed by atoms with Gasteiger partial charge < -0.3 is 0 Å². The van der Waals surface area contributed by atoms with Gasteiger partial charge in [0.05, 0.1) is 0 Å². The molecule has 0 saturated carbocycles. The normalized spacial score (nSPS) is 12.7. The summed E-state index contributed by atoms with van der Waals surface area (Å²) in [6.45, 7) is 0. The van der Waals surface area contributed by atoms with Crippen molar-refractivity contribution in [2.75, 3.05) is 0 Å². The van der Waals surface area contributed by atoms with Crippen molar-refractivity contribution in [2.45, 2.75) is 12.8 Å². The van der Waals surface area contributed by atoms with E-state index >= 15 is 0 Å². The molecule has 0 unspecified atom stereocenters. The minimum atomic E-state index is 1.01. The fourth-order valence-electron chi connectivity index (χ4n) is 7.71. The molecule has 0 aromatic heterocycles. The van der Waals surface area contributed by atoms with E-state index in [1.165, 1.54) is 88.0 Å². The first-order chi connectivity index (χ1) is 22.8. The summed E-state index contributed by atoms with van der Waals surface area (Å²) in [6, 6.07) is 60.1. The molecule has 9 rings (SSSR count). The lowest BCUT2D eigenvalue weighted by atomic mass is 9.77. The van der Waals surface area contributed by atoms with Crippen molar-refractivity contribution in [3.8, 4) is 33.4 Å². The molecule has 0 bridgehead atoms. The van der Waals surface area contributed by atoms with Crippen molar-refractivity contribution < 1.29 is 0 Å². The summed E-state index contributed by atoms with van der Waals surface area (Å²) in [5.74, 6) is 0. The van der Waals surface area contributed by atoms with E-state index in [0.717, 1.165) is 12.8 Å². The molecule has 8 aromatic carbocycles. The van der Waals surface area contributed by atoms with Crippen molar-refractivity contribution >= 4 is 44.0 Å². The van der Waals surface area contributed by atoms with Crippen LogP contribution in [0.15, 0.2) is 164 Å². The maximum absolute atomic E-state index is 2.51. The van der Waals surface area contributed by atoms with E-state index in [-0.39, 0.29) is 0 Å². The van der Waals surface area contributed by atoms with Crippen LogP contribution in [-0.2, 0) is 6.42 Å². The first-order valence-electron chi connectivity index (χ1n) is 16.2. The van der Waals surface area contributed by atoms with Crippen molar-refractivity contribution in [1.82, 2.24) is 0 Å². The van der Waals surface area contributed by atoms with Crippen LogP contribution in [0.5, 0.6) is 0 Å². The van der Waals surface area contributed by atoms with Crippen LogP contribution < -0.4 is 0 Å². The van der Waals surface area contributed by atoms with Crippen LogP contribution in [0, 0.1) is 0 Å². The lowest BCUT2D eigenvalue weighted by molar-refractivity contribution is 1.02. The van der Waals surface area contributed by atoms with E-state index in [1.54, 1.807) is 0 Å². The van der Waals surface area contributed by atoms with Crippen LogP contribution in [0.1, 0.15) is 23.1 Å². The highest BCUT2D eigenvalue weighted by Crippen LogP contribution is 2.48. The van der Waals surface area contributed by atoms with E-state index in [9.17, 15) is 0 Å². The van der Waals surface area contributed by atoms with Crippen LogP contribution in [-0.4, -0.2) is 0 Å². The summed E-state index contributed by atoms with van der Waals surface area (Å²) in [5, 5.41) is 7.83. The maximum atomic E-state index is 2.51. The molecule has 0 atom stereocenters. The Morgan fingerprint density at radius 1 is 0.348 bits per heavy atom. The highest BCUT2D eigenvalue weighted by molar-refractivity contribution is 6.12. The van der Waals surface area contributed by atoms with Gasteiger partial charge in [0.25, 0.3) is 0 Å². The number of fused-ring (bicyclic) bond motifs is 5. The second kappa shape index (κ2) is 11.0. The summed E-state index contributed by atoms with van der Waals surface area (Å²) >= 11 is 0. The van der Waals surface area contributed by atoms with E-state index in [2.05, 4.69) is 170 Å². The van der Waals surface area contributed by atoms with Crippen molar-refractivity contribution in [3.63, 3.8) is 0 Å². The summed E-state index contributed by atoms with van der Waals surface area (Å²) in [5.41, 5.74) is 13.2. The van der Waals surface area contributed by atoms with E-state index < -0.39 is 0 Å². The molecule has 0 spiro atoms. The van der Waals surface area contributed by atoms with Gasteiger partial charge in [-0.2, -0.15) is 0 Å². The first kappa shape index (κ1) is 26.7. The zero-order valence-electron chi connectivity index (χ0n) is 25.6. The number of benzene rings is 8. The third-order valence-electron chi connectivity index (χ3n) is 9.78. The second-order valence-corrected chi connectivity index (χ2v) is 12.4. The summed E-state index contributed by atoms with van der Waals surface area (Å²) in [6.07, 6.45) is 4.55. The fourth-order valence-corrected chi connectivity index (χ4v) is 7.71. The quantitative estimate of drug-likeness (QED) is 0.193. The Bertz CT molecular complexity index is 2450. The lowest BCUT2D eigenvalue weighted by Gasteiger charge is -2.26. The topological polar surface area (TPSA) is 0 Å². The number of allylic oxidation sites excluding steroid dienone is 1. The molecular weight excluding hydrogens is 553 g/mol. The minimum absolute atomic E-state index is 1.01. The van der Waals surface area contributed by atoms with Gasteiger partial charge in [-0.1, -0.05) is 164 Å². The summed E-state index contributed by atoms with van der Waals surface area (Å²) in [4.78, 5) is 0. The molecule has 0 fully saturated rings. The Balaban J connectivity index is 1.35. The highest BCUT2D eigenvalue weighted by Gasteiger charge is 2.24. The fraction of sp³-hybridized carbons (Fsp3) is 0.0435. The SMILES string of the molecule is C1=C(c2cccc3ccccc23)CCc2c1c(-c1ccccc1)c(-c1cccc(-c3cccc4ccccc34)c1)c1ccccc21. The largest absolute Gasteiger partial charge is 0.0622 e. The van der Waals surface area contributed by atoms with E-state index in [1.807, 2.05) is 0 Å². The van der Waals surface area contributed by atoms with Crippen molar-refractivity contribution in [1.29, 1.82) is 0 Å². The number of hydrogen-bond acceptors (Lipinski definition) is 0. The molecule has 0 heterocycles. The first-order valence-corrected chi connectivity index (χ1v) is 16.2. The number of aryl methyl sites for hydroxylation is 1. The standard InChI is InChI=1S/C46H32/c1-2-15-33(16-3-1)45-44-30-35(40-26-12-18-32-14-5-7-22-38(32)40)27-28-42(44)41-23-8-9-24-43(41)46(45)36-20-10-19-34(29-36)39-25-11-17-31-13-4-6-21-37(31)39/h1-26,29-30H,27-28H2. The van der Waals surface area contributed by atoms with Crippen LogP contribution in [0.4, 0.5) is 0 Å². The molecule has 8 aromatic rings. The predicted molar refractivity (Wildman–Crippen MR) is 198 cm³/mol. The zero-order valence-corrected chi connectivity index (χ0v) is 25.6. The van der Waals surface area contributed by atoms with Crippen molar-refractivity contribution in [3.05, 3.63) is 180 Å². The monoisotopic (exact) mass is 584 g/mol. The Labute approximate surface area is 269 Å². The van der Waals surface area contributed by atoms with Crippen LogP contribution >= 0.6 is 0 Å². The Morgan fingerprint density at radius 2 is 0.891 bits per heavy atom. The summed E-state index contributed by atoms with van der Waals surface area (Å²) in [7, 11) is 0. The number of hydrogen-bond donors (Lipinski definition) is 0. The van der Waals surface area contributed by atoms with E-state index in [0.29, 0.717) is 0 Å². The van der Waals surface area contributed by atoms with Gasteiger partial charge in [-0.05, 0) is 107 Å². The maximum Gasteiger partial charge on any atom is -0.00204 e. The average molecular weight is 585 g/mol. The van der Waals surface area contributed by atoms with Crippen LogP contribution in [0.25, 0.3) is 77.3 Å². The lowest BCUT2D eigenvalue weighted by Crippen LogP contribution is -2.05. The summed E-state index contributed by atoms with van der Waals surface area (Å²) < 4.78 is 0. The Kier molecular flexibility index (Phi) is 6.39. The molecule has 0 amide bonds. The third-order valence-corrected chi connectivity index (χ3v) is 9.78. The molecule has 1 aliphatic carbocycles. The Morgan fingerprint density at radius 3 is 1.65 bits per heavy atom. The minimum Gasteiger partial charge on any atom is -0.0622 e. The van der Waals surface area contributed by atoms with Gasteiger partial charge in [0, 0.05) is 0 Å². The Hall–Kier alpha value is -5.72. The molecule has 0 radical (unpaired) electrons. The van der Waals surface area contributed by atoms with Gasteiger partial charge in [-0.25, -0.2) is 0 Å². The van der Waals surface area contributed by atoms with Gasteiger partial charge >= 0.3 is 0 Å². The molecular formula is C46H32. The molecule has 0 saturated heterocycles. The van der Waals surface area contributed by atoms with Gasteiger partial charge in [-0.15, -0.1) is 0 Å². The molecule has 0 heteroatoms. The van der Waals surface area contributed by atoms with Crippen molar-refractivity contribution in [2.24, 2.45) is 0 Å². The molecule has 46 heavy (non-hydrogen) atoms. The second-order valence-electron chi connectivity index (χ2n) is 12.4. The smallest absolute Gasteiger partial charge is 0.00204 e. The van der Waals surface area contributed by atoms with Gasteiger partial charge in [0.1, 0.15) is 0 Å². The predicted octanol–water partition coefficient (Wildman–Crippen LogP) is 12.6. The van der Waals surface area contributed by atoms with Crippen LogP contribution in [0.2, 0.25) is 0 Å². The van der Waals surface area contributed by atoms with Gasteiger partial charge in [0.15, 0.2) is 0 Å². The molecule has 0 N–H and O–H groups in total. The molecule has 0 aliphatic heterocycles. The third kappa shape index (κ3) is 4.37.